The zero-order valence-corrected chi connectivity index (χ0v) is 26.1. The number of nitrogens with zero attached hydrogens (tertiary/aromatic N) is 2. The molecule has 0 unspecified atom stereocenters. The van der Waals surface area contributed by atoms with Crippen LogP contribution in [0.25, 0.3) is 5.57 Å². The second-order valence-electron chi connectivity index (χ2n) is 12.4. The van der Waals surface area contributed by atoms with Crippen molar-refractivity contribution in [1.29, 1.82) is 0 Å². The third-order valence-corrected chi connectivity index (χ3v) is 8.65. The molecule has 0 amide bonds. The van der Waals surface area contributed by atoms with Gasteiger partial charge in [0.15, 0.2) is 0 Å². The smallest absolute Gasteiger partial charge is 0.307 e. The van der Waals surface area contributed by atoms with E-state index in [-0.39, 0.29) is 11.8 Å². The summed E-state index contributed by atoms with van der Waals surface area (Å²) in [4.78, 5) is 16.8. The summed E-state index contributed by atoms with van der Waals surface area (Å²) in [6.45, 7) is 19.5. The first-order chi connectivity index (χ1) is 18.8. The van der Waals surface area contributed by atoms with Crippen molar-refractivity contribution in [2.24, 2.45) is 5.41 Å². The number of carboxylic acids is 1. The Balaban J connectivity index is 1.69. The number of aliphatic carboxylic acids is 1. The molecule has 2 aromatic rings. The highest BCUT2D eigenvalue weighted by atomic mass is 35.5. The largest absolute Gasteiger partial charge is 0.481 e. The highest BCUT2D eigenvalue weighted by Crippen LogP contribution is 2.40. The Labute approximate surface area is 250 Å². The summed E-state index contributed by atoms with van der Waals surface area (Å²) in [7, 11) is 0. The third kappa shape index (κ3) is 7.40. The molecule has 6 heteroatoms. The average Bonchev–Trinajstić information content (AvgIpc) is 2.85. The van der Waals surface area contributed by atoms with Gasteiger partial charge in [-0.05, 0) is 91.5 Å². The van der Waals surface area contributed by atoms with Crippen molar-refractivity contribution in [3.05, 3.63) is 97.7 Å². The van der Waals surface area contributed by atoms with Gasteiger partial charge in [-0.1, -0.05) is 73.0 Å². The van der Waals surface area contributed by atoms with Crippen LogP contribution in [0.4, 0.5) is 0 Å². The van der Waals surface area contributed by atoms with Gasteiger partial charge in [0.05, 0.1) is 6.42 Å². The Morgan fingerprint density at radius 3 is 2.20 bits per heavy atom. The van der Waals surface area contributed by atoms with Crippen LogP contribution in [0.15, 0.2) is 65.4 Å². The molecule has 0 spiro atoms. The van der Waals surface area contributed by atoms with E-state index in [0.717, 1.165) is 85.5 Å². The van der Waals surface area contributed by atoms with Crippen LogP contribution in [-0.2, 0) is 24.3 Å². The van der Waals surface area contributed by atoms with Crippen LogP contribution in [0.3, 0.4) is 0 Å². The molecule has 0 aromatic heterocycles. The van der Waals surface area contributed by atoms with E-state index in [1.807, 2.05) is 19.1 Å². The fraction of sp³-hybridized carbons (Fsp3) is 0.441. The van der Waals surface area contributed by atoms with Gasteiger partial charge >= 0.3 is 5.97 Å². The molecule has 1 N–H and O–H groups in total. The lowest BCUT2D eigenvalue weighted by Gasteiger charge is -2.41. The van der Waals surface area contributed by atoms with E-state index in [0.29, 0.717) is 10.0 Å². The molecule has 1 saturated heterocycles. The number of hydrogen-bond acceptors (Lipinski definition) is 3. The van der Waals surface area contributed by atoms with E-state index in [1.165, 1.54) is 16.7 Å². The zero-order chi connectivity index (χ0) is 29.2. The minimum atomic E-state index is -0.826. The van der Waals surface area contributed by atoms with Crippen LogP contribution in [0.2, 0.25) is 10.0 Å². The predicted molar refractivity (Wildman–Crippen MR) is 168 cm³/mol. The molecule has 0 radical (unpaired) electrons. The zero-order valence-electron chi connectivity index (χ0n) is 24.5. The average molecular weight is 582 g/mol. The number of benzene rings is 2. The lowest BCUT2D eigenvalue weighted by atomic mass is 9.81. The molecule has 1 fully saturated rings. The summed E-state index contributed by atoms with van der Waals surface area (Å²) >= 11 is 12.5. The summed E-state index contributed by atoms with van der Waals surface area (Å²) < 4.78 is 0. The maximum atomic E-state index is 12.0. The molecule has 0 bridgehead atoms. The molecule has 2 heterocycles. The Bertz CT molecular complexity index is 1340. The Kier molecular flexibility index (Phi) is 9.55. The molecule has 40 heavy (non-hydrogen) atoms. The molecule has 2 aromatic carbocycles. The molecular formula is C34H42Cl2N2O2. The monoisotopic (exact) mass is 580 g/mol. The van der Waals surface area contributed by atoms with Gasteiger partial charge in [0.1, 0.15) is 0 Å². The van der Waals surface area contributed by atoms with Crippen LogP contribution >= 0.6 is 23.2 Å². The maximum absolute atomic E-state index is 12.0. The number of piperidine rings is 1. The molecule has 4 nitrogen and oxygen atoms in total. The van der Waals surface area contributed by atoms with Crippen molar-refractivity contribution in [2.75, 3.05) is 19.6 Å². The minimum absolute atomic E-state index is 0.0330. The summed E-state index contributed by atoms with van der Waals surface area (Å²) in [6.07, 6.45) is 3.06. The molecule has 2 aliphatic heterocycles. The van der Waals surface area contributed by atoms with Crippen molar-refractivity contribution in [3.8, 4) is 0 Å². The van der Waals surface area contributed by atoms with Gasteiger partial charge in [-0.2, -0.15) is 0 Å². The molecular weight excluding hydrogens is 539 g/mol. The fourth-order valence-corrected chi connectivity index (χ4v) is 6.52. The van der Waals surface area contributed by atoms with Crippen molar-refractivity contribution in [2.45, 2.75) is 73.4 Å². The van der Waals surface area contributed by atoms with E-state index in [9.17, 15) is 9.90 Å². The van der Waals surface area contributed by atoms with Gasteiger partial charge in [0, 0.05) is 54.0 Å². The van der Waals surface area contributed by atoms with Gasteiger partial charge in [0.2, 0.25) is 0 Å². The van der Waals surface area contributed by atoms with Crippen LogP contribution in [0.1, 0.15) is 76.1 Å². The SMILES string of the molecule is C=C(C)/C(CC(=O)O)=C(\C(=C(C)C)c1ccc2c(c1)CCN(Cc1cc(Cl)cc(Cl)c1)C2)N1CCC(C)(C)CC1. The Morgan fingerprint density at radius 2 is 1.62 bits per heavy atom. The van der Waals surface area contributed by atoms with E-state index < -0.39 is 5.97 Å². The number of hydrogen-bond donors (Lipinski definition) is 1. The molecule has 4 rings (SSSR count). The molecule has 214 valence electrons. The van der Waals surface area contributed by atoms with Crippen LogP contribution in [-0.4, -0.2) is 40.5 Å². The van der Waals surface area contributed by atoms with Crippen LogP contribution < -0.4 is 0 Å². The van der Waals surface area contributed by atoms with Crippen LogP contribution in [0, 0.1) is 5.41 Å². The standard InChI is InChI=1S/C34H42Cl2N2O2/c1-22(2)30(19-31(39)40)33(38-13-10-34(5,6)11-14-38)32(23(3)4)26-7-8-27-21-37(12-9-25(27)17-26)20-24-15-28(35)18-29(36)16-24/h7-8,15-18H,1,9-14,19-21H2,2-6H3,(H,39,40)/b33-30+. The normalized spacial score (nSPS) is 17.6. The molecule has 2 aliphatic rings. The van der Waals surface area contributed by atoms with Crippen molar-refractivity contribution in [3.63, 3.8) is 0 Å². The van der Waals surface area contributed by atoms with Gasteiger partial charge in [-0.25, -0.2) is 0 Å². The van der Waals surface area contributed by atoms with E-state index >= 15 is 0 Å². The first-order valence-corrected chi connectivity index (χ1v) is 14.9. The van der Waals surface area contributed by atoms with Gasteiger partial charge in [-0.3, -0.25) is 9.69 Å². The number of carboxylic acid groups (broad SMARTS) is 1. The van der Waals surface area contributed by atoms with Gasteiger partial charge < -0.3 is 10.0 Å². The van der Waals surface area contributed by atoms with E-state index in [4.69, 9.17) is 23.2 Å². The number of rotatable bonds is 8. The number of fused-ring (bicyclic) bond motifs is 1. The molecule has 0 atom stereocenters. The quantitative estimate of drug-likeness (QED) is 0.317. The second kappa shape index (κ2) is 12.5. The molecule has 0 saturated carbocycles. The number of carbonyl (C=O) groups is 1. The van der Waals surface area contributed by atoms with Gasteiger partial charge in [-0.15, -0.1) is 0 Å². The number of likely N-dealkylation sites (tertiary alicyclic amines) is 1. The van der Waals surface area contributed by atoms with Gasteiger partial charge in [0.25, 0.3) is 0 Å². The lowest BCUT2D eigenvalue weighted by molar-refractivity contribution is -0.136. The summed E-state index contributed by atoms with van der Waals surface area (Å²) in [5.41, 5.74) is 10.2. The Morgan fingerprint density at radius 1 is 0.975 bits per heavy atom. The summed E-state index contributed by atoms with van der Waals surface area (Å²) in [5, 5.41) is 11.2. The molecule has 0 aliphatic carbocycles. The Hall–Kier alpha value is -2.53. The third-order valence-electron chi connectivity index (χ3n) is 8.21. The van der Waals surface area contributed by atoms with E-state index in [1.54, 1.807) is 6.07 Å². The van der Waals surface area contributed by atoms with Crippen molar-refractivity contribution in [1.82, 2.24) is 9.80 Å². The van der Waals surface area contributed by atoms with Crippen molar-refractivity contribution < 1.29 is 9.90 Å². The summed E-state index contributed by atoms with van der Waals surface area (Å²) in [5.74, 6) is -0.826. The summed E-state index contributed by atoms with van der Waals surface area (Å²) in [6, 6.07) is 12.5. The fourth-order valence-electron chi connectivity index (χ4n) is 5.95. The first kappa shape index (κ1) is 30.4. The highest BCUT2D eigenvalue weighted by molar-refractivity contribution is 6.34. The maximum Gasteiger partial charge on any atom is 0.307 e. The van der Waals surface area contributed by atoms with E-state index in [2.05, 4.69) is 62.3 Å². The predicted octanol–water partition coefficient (Wildman–Crippen LogP) is 8.77. The number of halogens is 2. The minimum Gasteiger partial charge on any atom is -0.481 e. The second-order valence-corrected chi connectivity index (χ2v) is 13.3. The highest BCUT2D eigenvalue weighted by Gasteiger charge is 2.31. The number of allylic oxidation sites excluding steroid dienone is 3. The van der Waals surface area contributed by atoms with Crippen molar-refractivity contribution >= 4 is 34.7 Å². The van der Waals surface area contributed by atoms with Crippen LogP contribution in [0.5, 0.6) is 0 Å². The lowest BCUT2D eigenvalue weighted by Crippen LogP contribution is -2.38. The first-order valence-electron chi connectivity index (χ1n) is 14.2. The topological polar surface area (TPSA) is 43.8 Å².